The smallest absolute Gasteiger partial charge is 0.280 e. The Balaban J connectivity index is 1.80. The van der Waals surface area contributed by atoms with Gasteiger partial charge in [0.25, 0.3) is 5.56 Å². The third-order valence-electron chi connectivity index (χ3n) is 3.21. The van der Waals surface area contributed by atoms with Gasteiger partial charge in [-0.1, -0.05) is 24.3 Å². The number of aromatic amines is 1. The van der Waals surface area contributed by atoms with Crippen LogP contribution in [-0.2, 0) is 12.8 Å². The average molecular weight is 306 g/mol. The molecule has 4 nitrogen and oxygen atoms in total. The molecule has 92 valence electrons. The lowest BCUT2D eigenvalue weighted by Crippen LogP contribution is -2.22. The maximum Gasteiger partial charge on any atom is 0.280 e. The van der Waals surface area contributed by atoms with E-state index in [1.807, 2.05) is 0 Å². The Morgan fingerprint density at radius 2 is 1.94 bits per heavy atom. The number of nitrogens with zero attached hydrogens (tertiary/aromatic N) is 1. The Labute approximate surface area is 113 Å². The van der Waals surface area contributed by atoms with Gasteiger partial charge in [0.2, 0.25) is 0 Å². The third-order valence-corrected chi connectivity index (χ3v) is 3.99. The molecule has 1 aromatic carbocycles. The van der Waals surface area contributed by atoms with Crippen LogP contribution in [0.2, 0.25) is 0 Å². The van der Waals surface area contributed by atoms with Crippen molar-refractivity contribution >= 4 is 21.6 Å². The van der Waals surface area contributed by atoms with Gasteiger partial charge in [-0.15, -0.1) is 0 Å². The molecule has 1 aromatic heterocycles. The van der Waals surface area contributed by atoms with Crippen LogP contribution in [0.4, 0.5) is 5.69 Å². The number of benzene rings is 1. The second kappa shape index (κ2) is 4.57. The van der Waals surface area contributed by atoms with Crippen LogP contribution >= 0.6 is 15.9 Å². The van der Waals surface area contributed by atoms with E-state index >= 15 is 0 Å². The standard InChI is InChI=1S/C13H12BrN3O/c14-12-11(7-15-17-13(12)18)16-10-5-8-3-1-2-4-9(8)6-10/h1-4,7,10H,5-6H2,(H2,16,17,18). The van der Waals surface area contributed by atoms with Crippen LogP contribution in [0.25, 0.3) is 0 Å². The summed E-state index contributed by atoms with van der Waals surface area (Å²) >= 11 is 3.28. The SMILES string of the molecule is O=c1[nH]ncc(NC2Cc3ccccc3C2)c1Br. The number of nitrogens with one attached hydrogen (secondary N) is 2. The van der Waals surface area contributed by atoms with Gasteiger partial charge >= 0.3 is 0 Å². The van der Waals surface area contributed by atoms with E-state index in [0.29, 0.717) is 10.5 Å². The minimum absolute atomic E-state index is 0.212. The summed E-state index contributed by atoms with van der Waals surface area (Å²) < 4.78 is 0.508. The molecule has 0 amide bonds. The van der Waals surface area contributed by atoms with Crippen LogP contribution in [0.3, 0.4) is 0 Å². The highest BCUT2D eigenvalue weighted by Crippen LogP contribution is 2.25. The molecule has 2 N–H and O–H groups in total. The summed E-state index contributed by atoms with van der Waals surface area (Å²) in [5.41, 5.74) is 3.29. The largest absolute Gasteiger partial charge is 0.379 e. The van der Waals surface area contributed by atoms with E-state index in [9.17, 15) is 4.79 Å². The van der Waals surface area contributed by atoms with E-state index in [-0.39, 0.29) is 5.56 Å². The number of aromatic nitrogens is 2. The zero-order chi connectivity index (χ0) is 12.5. The van der Waals surface area contributed by atoms with Crippen molar-refractivity contribution in [3.8, 4) is 0 Å². The van der Waals surface area contributed by atoms with Crippen molar-refractivity contribution in [1.82, 2.24) is 10.2 Å². The summed E-state index contributed by atoms with van der Waals surface area (Å²) in [7, 11) is 0. The molecule has 0 spiro atoms. The second-order valence-corrected chi connectivity index (χ2v) is 5.24. The Morgan fingerprint density at radius 1 is 1.28 bits per heavy atom. The van der Waals surface area contributed by atoms with Gasteiger partial charge in [-0.25, -0.2) is 5.10 Å². The maximum atomic E-state index is 11.4. The molecule has 0 atom stereocenters. The molecular formula is C13H12BrN3O. The molecule has 3 rings (SSSR count). The van der Waals surface area contributed by atoms with E-state index in [4.69, 9.17) is 0 Å². The van der Waals surface area contributed by atoms with Crippen LogP contribution in [0.1, 0.15) is 11.1 Å². The molecule has 1 heterocycles. The highest BCUT2D eigenvalue weighted by Gasteiger charge is 2.21. The minimum atomic E-state index is -0.212. The highest BCUT2D eigenvalue weighted by atomic mass is 79.9. The molecule has 0 unspecified atom stereocenters. The number of anilines is 1. The van der Waals surface area contributed by atoms with Crippen LogP contribution < -0.4 is 10.9 Å². The lowest BCUT2D eigenvalue weighted by molar-refractivity contribution is 0.770. The van der Waals surface area contributed by atoms with Gasteiger partial charge in [-0.05, 0) is 39.9 Å². The average Bonchev–Trinajstić information content (AvgIpc) is 2.77. The molecule has 0 fully saturated rings. The van der Waals surface area contributed by atoms with E-state index in [1.165, 1.54) is 11.1 Å². The molecule has 0 bridgehead atoms. The summed E-state index contributed by atoms with van der Waals surface area (Å²) in [5, 5.41) is 9.56. The zero-order valence-corrected chi connectivity index (χ0v) is 11.2. The predicted molar refractivity (Wildman–Crippen MR) is 73.8 cm³/mol. The Bertz CT molecular complexity index is 613. The minimum Gasteiger partial charge on any atom is -0.379 e. The van der Waals surface area contributed by atoms with Gasteiger partial charge in [0, 0.05) is 6.04 Å². The monoisotopic (exact) mass is 305 g/mol. The van der Waals surface area contributed by atoms with Gasteiger partial charge in [0.1, 0.15) is 4.47 Å². The topological polar surface area (TPSA) is 57.8 Å². The van der Waals surface area contributed by atoms with Crippen molar-refractivity contribution in [2.45, 2.75) is 18.9 Å². The van der Waals surface area contributed by atoms with E-state index in [0.717, 1.165) is 18.5 Å². The quantitative estimate of drug-likeness (QED) is 0.893. The lowest BCUT2D eigenvalue weighted by Gasteiger charge is -2.13. The van der Waals surface area contributed by atoms with Crippen molar-refractivity contribution in [1.29, 1.82) is 0 Å². The molecule has 0 aliphatic heterocycles. The predicted octanol–water partition coefficient (Wildman–Crippen LogP) is 2.11. The van der Waals surface area contributed by atoms with E-state index in [2.05, 4.69) is 55.7 Å². The fraction of sp³-hybridized carbons (Fsp3) is 0.231. The van der Waals surface area contributed by atoms with Gasteiger partial charge in [0.05, 0.1) is 11.9 Å². The summed E-state index contributed by atoms with van der Waals surface area (Å²) in [6, 6.07) is 8.75. The normalized spacial score (nSPS) is 14.5. The fourth-order valence-electron chi connectivity index (χ4n) is 2.36. The number of H-pyrrole nitrogens is 1. The van der Waals surface area contributed by atoms with Crippen LogP contribution in [0.15, 0.2) is 39.7 Å². The number of rotatable bonds is 2. The number of hydrogen-bond donors (Lipinski definition) is 2. The summed E-state index contributed by atoms with van der Waals surface area (Å²) in [4.78, 5) is 11.4. The number of hydrogen-bond acceptors (Lipinski definition) is 3. The van der Waals surface area contributed by atoms with Crippen molar-refractivity contribution in [3.05, 3.63) is 56.4 Å². The second-order valence-electron chi connectivity index (χ2n) is 4.45. The van der Waals surface area contributed by atoms with Crippen molar-refractivity contribution in [2.24, 2.45) is 0 Å². The van der Waals surface area contributed by atoms with Gasteiger partial charge < -0.3 is 5.32 Å². The maximum absolute atomic E-state index is 11.4. The van der Waals surface area contributed by atoms with Gasteiger partial charge in [-0.2, -0.15) is 5.10 Å². The first-order chi connectivity index (χ1) is 8.74. The fourth-order valence-corrected chi connectivity index (χ4v) is 2.67. The zero-order valence-electron chi connectivity index (χ0n) is 9.61. The van der Waals surface area contributed by atoms with Crippen LogP contribution in [0, 0.1) is 0 Å². The molecule has 1 aliphatic rings. The first-order valence-electron chi connectivity index (χ1n) is 5.80. The molecule has 0 saturated heterocycles. The molecule has 18 heavy (non-hydrogen) atoms. The first-order valence-corrected chi connectivity index (χ1v) is 6.60. The molecule has 0 saturated carbocycles. The van der Waals surface area contributed by atoms with E-state index in [1.54, 1.807) is 6.20 Å². The third kappa shape index (κ3) is 2.06. The van der Waals surface area contributed by atoms with Crippen LogP contribution in [-0.4, -0.2) is 16.2 Å². The Hall–Kier alpha value is -1.62. The highest BCUT2D eigenvalue weighted by molar-refractivity contribution is 9.10. The summed E-state index contributed by atoms with van der Waals surface area (Å²) in [6.07, 6.45) is 3.60. The molecule has 5 heteroatoms. The van der Waals surface area contributed by atoms with Crippen LogP contribution in [0.5, 0.6) is 0 Å². The summed E-state index contributed by atoms with van der Waals surface area (Å²) in [5.74, 6) is 0. The molecule has 0 radical (unpaired) electrons. The lowest BCUT2D eigenvalue weighted by atomic mass is 10.1. The van der Waals surface area contributed by atoms with Crippen molar-refractivity contribution < 1.29 is 0 Å². The number of fused-ring (bicyclic) bond motifs is 1. The van der Waals surface area contributed by atoms with Gasteiger partial charge in [-0.3, -0.25) is 4.79 Å². The molecule has 1 aliphatic carbocycles. The Kier molecular flexibility index (Phi) is 2.91. The van der Waals surface area contributed by atoms with Crippen molar-refractivity contribution in [3.63, 3.8) is 0 Å². The number of halogens is 1. The van der Waals surface area contributed by atoms with Gasteiger partial charge in [0.15, 0.2) is 0 Å². The molecule has 2 aromatic rings. The first kappa shape index (κ1) is 11.5. The summed E-state index contributed by atoms with van der Waals surface area (Å²) in [6.45, 7) is 0. The van der Waals surface area contributed by atoms with E-state index < -0.39 is 0 Å². The molecular weight excluding hydrogens is 294 g/mol. The Morgan fingerprint density at radius 3 is 2.61 bits per heavy atom. The van der Waals surface area contributed by atoms with Crippen molar-refractivity contribution in [2.75, 3.05) is 5.32 Å².